The first kappa shape index (κ1) is 31.2. The van der Waals surface area contributed by atoms with Crippen molar-refractivity contribution < 1.29 is 23.7 Å². The predicted octanol–water partition coefficient (Wildman–Crippen LogP) is 7.72. The highest BCUT2D eigenvalue weighted by Gasteiger charge is 2.16. The second kappa shape index (κ2) is 21.4. The average molecular weight is 494 g/mol. The van der Waals surface area contributed by atoms with Gasteiger partial charge in [0.15, 0.2) is 11.6 Å². The topological polar surface area (TPSA) is 71.7 Å². The molecule has 200 valence electrons. The standard InChI is InChI=1S/C29H48FNO4/c1-3-4-5-6-7-8-9-10-11-12-13-14-15-16-17-18-19-34-24-26(23-32)35-29-21-28(33-2)25(22-31)20-27(29)30/h20-21,26,32H,3-19,23-24H2,1-2H3. The summed E-state index contributed by atoms with van der Waals surface area (Å²) in [6, 6.07) is 4.27. The van der Waals surface area contributed by atoms with Crippen molar-refractivity contribution in [2.45, 2.75) is 116 Å². The van der Waals surface area contributed by atoms with Crippen molar-refractivity contribution >= 4 is 0 Å². The Labute approximate surface area is 213 Å². The van der Waals surface area contributed by atoms with Gasteiger partial charge in [0.25, 0.3) is 0 Å². The summed E-state index contributed by atoms with van der Waals surface area (Å²) in [6.45, 7) is 2.75. The number of nitriles is 1. The summed E-state index contributed by atoms with van der Waals surface area (Å²) in [5, 5.41) is 18.6. The number of methoxy groups -OCH3 is 1. The molecule has 1 aromatic rings. The number of hydrogen-bond acceptors (Lipinski definition) is 5. The quantitative estimate of drug-likeness (QED) is 0.158. The fourth-order valence-corrected chi connectivity index (χ4v) is 4.15. The Kier molecular flexibility index (Phi) is 19.1. The molecule has 0 saturated carbocycles. The van der Waals surface area contributed by atoms with Crippen LogP contribution in [0.25, 0.3) is 0 Å². The second-order valence-electron chi connectivity index (χ2n) is 9.40. The van der Waals surface area contributed by atoms with Crippen LogP contribution in [0.5, 0.6) is 11.5 Å². The largest absolute Gasteiger partial charge is 0.495 e. The van der Waals surface area contributed by atoms with Crippen LogP contribution in [0.4, 0.5) is 4.39 Å². The minimum absolute atomic E-state index is 0.0640. The van der Waals surface area contributed by atoms with Gasteiger partial charge in [-0.25, -0.2) is 4.39 Å². The van der Waals surface area contributed by atoms with Crippen molar-refractivity contribution in [2.75, 3.05) is 26.9 Å². The molecule has 0 aliphatic rings. The molecular weight excluding hydrogens is 445 g/mol. The van der Waals surface area contributed by atoms with Gasteiger partial charge < -0.3 is 19.3 Å². The number of nitrogens with zero attached hydrogens (tertiary/aromatic N) is 1. The van der Waals surface area contributed by atoms with Crippen LogP contribution in [0.3, 0.4) is 0 Å². The predicted molar refractivity (Wildman–Crippen MR) is 140 cm³/mol. The molecule has 6 heteroatoms. The first-order valence-electron chi connectivity index (χ1n) is 13.8. The van der Waals surface area contributed by atoms with Gasteiger partial charge in [-0.2, -0.15) is 5.26 Å². The lowest BCUT2D eigenvalue weighted by atomic mass is 10.0. The molecule has 1 N–H and O–H groups in total. The van der Waals surface area contributed by atoms with Gasteiger partial charge in [0.2, 0.25) is 0 Å². The first-order chi connectivity index (χ1) is 17.2. The number of aliphatic hydroxyl groups is 1. The molecule has 0 heterocycles. The highest BCUT2D eigenvalue weighted by Crippen LogP contribution is 2.28. The van der Waals surface area contributed by atoms with Crippen LogP contribution in [-0.2, 0) is 4.74 Å². The summed E-state index contributed by atoms with van der Waals surface area (Å²) >= 11 is 0. The smallest absolute Gasteiger partial charge is 0.166 e. The third kappa shape index (κ3) is 15.0. The van der Waals surface area contributed by atoms with Crippen LogP contribution in [-0.4, -0.2) is 38.1 Å². The molecule has 0 bridgehead atoms. The molecule has 0 saturated heterocycles. The van der Waals surface area contributed by atoms with Crippen molar-refractivity contribution in [3.63, 3.8) is 0 Å². The lowest BCUT2D eigenvalue weighted by Crippen LogP contribution is -2.27. The molecule has 0 fully saturated rings. The third-order valence-corrected chi connectivity index (χ3v) is 6.32. The van der Waals surface area contributed by atoms with Crippen LogP contribution in [0.1, 0.15) is 115 Å². The molecule has 1 unspecified atom stereocenters. The molecule has 35 heavy (non-hydrogen) atoms. The minimum Gasteiger partial charge on any atom is -0.495 e. The van der Waals surface area contributed by atoms with E-state index in [2.05, 4.69) is 6.92 Å². The van der Waals surface area contributed by atoms with Gasteiger partial charge in [-0.05, 0) is 12.5 Å². The van der Waals surface area contributed by atoms with Crippen molar-refractivity contribution in [2.24, 2.45) is 0 Å². The van der Waals surface area contributed by atoms with E-state index in [9.17, 15) is 9.50 Å². The molecule has 1 aromatic carbocycles. The Hall–Kier alpha value is -1.84. The maximum Gasteiger partial charge on any atom is 0.166 e. The zero-order valence-electron chi connectivity index (χ0n) is 22.2. The average Bonchev–Trinajstić information content (AvgIpc) is 2.87. The second-order valence-corrected chi connectivity index (χ2v) is 9.40. The normalized spacial score (nSPS) is 11.9. The molecule has 0 aliphatic heterocycles. The number of halogens is 1. The Morgan fingerprint density at radius 3 is 1.80 bits per heavy atom. The van der Waals surface area contributed by atoms with Crippen molar-refractivity contribution in [3.05, 3.63) is 23.5 Å². The highest BCUT2D eigenvalue weighted by molar-refractivity contribution is 5.48. The van der Waals surface area contributed by atoms with E-state index in [0.29, 0.717) is 6.61 Å². The summed E-state index contributed by atoms with van der Waals surface area (Å²) in [5.74, 6) is -0.501. The minimum atomic E-state index is -0.678. The van der Waals surface area contributed by atoms with E-state index in [4.69, 9.17) is 19.5 Å². The van der Waals surface area contributed by atoms with Crippen LogP contribution in [0.15, 0.2) is 12.1 Å². The SMILES string of the molecule is CCCCCCCCCCCCCCCCCCOCC(CO)Oc1cc(OC)c(C#N)cc1F. The Morgan fingerprint density at radius 2 is 1.34 bits per heavy atom. The van der Waals surface area contributed by atoms with E-state index < -0.39 is 11.9 Å². The molecule has 0 amide bonds. The Balaban J connectivity index is 1.99. The van der Waals surface area contributed by atoms with Gasteiger partial charge in [0.05, 0.1) is 25.9 Å². The molecule has 5 nitrogen and oxygen atoms in total. The van der Waals surface area contributed by atoms with E-state index in [1.807, 2.05) is 6.07 Å². The van der Waals surface area contributed by atoms with Gasteiger partial charge in [0, 0.05) is 12.7 Å². The van der Waals surface area contributed by atoms with Gasteiger partial charge >= 0.3 is 0 Å². The fourth-order valence-electron chi connectivity index (χ4n) is 4.15. The first-order valence-corrected chi connectivity index (χ1v) is 13.8. The summed E-state index contributed by atoms with van der Waals surface area (Å²) in [7, 11) is 1.41. The number of hydrogen-bond donors (Lipinski definition) is 1. The zero-order chi connectivity index (χ0) is 25.6. The van der Waals surface area contributed by atoms with E-state index >= 15 is 0 Å². The monoisotopic (exact) mass is 493 g/mol. The lowest BCUT2D eigenvalue weighted by molar-refractivity contribution is 0.0170. The zero-order valence-corrected chi connectivity index (χ0v) is 22.2. The number of benzene rings is 1. The summed E-state index contributed by atoms with van der Waals surface area (Å²) in [5.41, 5.74) is 0.0950. The number of rotatable bonds is 23. The van der Waals surface area contributed by atoms with Crippen molar-refractivity contribution in [3.8, 4) is 17.6 Å². The molecule has 0 aliphatic carbocycles. The van der Waals surface area contributed by atoms with Gasteiger partial charge in [-0.15, -0.1) is 0 Å². The van der Waals surface area contributed by atoms with Crippen molar-refractivity contribution in [1.82, 2.24) is 0 Å². The van der Waals surface area contributed by atoms with Crippen LogP contribution in [0, 0.1) is 17.1 Å². The summed E-state index contributed by atoms with van der Waals surface area (Å²) in [4.78, 5) is 0. The lowest BCUT2D eigenvalue weighted by Gasteiger charge is -2.18. The van der Waals surface area contributed by atoms with Gasteiger partial charge in [0.1, 0.15) is 17.9 Å². The Morgan fingerprint density at radius 1 is 0.829 bits per heavy atom. The molecular formula is C29H48FNO4. The molecule has 0 radical (unpaired) electrons. The van der Waals surface area contributed by atoms with Crippen LogP contribution >= 0.6 is 0 Å². The number of ether oxygens (including phenoxy) is 3. The summed E-state index contributed by atoms with van der Waals surface area (Å²) in [6.07, 6.45) is 20.5. The third-order valence-electron chi connectivity index (χ3n) is 6.32. The highest BCUT2D eigenvalue weighted by atomic mass is 19.1. The maximum atomic E-state index is 14.2. The molecule has 0 spiro atoms. The van der Waals surface area contributed by atoms with Crippen LogP contribution in [0.2, 0.25) is 0 Å². The van der Waals surface area contributed by atoms with Crippen molar-refractivity contribution in [1.29, 1.82) is 5.26 Å². The summed E-state index contributed by atoms with van der Waals surface area (Å²) < 4.78 is 30.4. The van der Waals surface area contributed by atoms with E-state index in [1.165, 1.54) is 103 Å². The fraction of sp³-hybridized carbons (Fsp3) is 0.759. The Bertz CT molecular complexity index is 692. The van der Waals surface area contributed by atoms with E-state index in [-0.39, 0.29) is 30.3 Å². The van der Waals surface area contributed by atoms with E-state index in [0.717, 1.165) is 18.9 Å². The van der Waals surface area contributed by atoms with Gasteiger partial charge in [-0.1, -0.05) is 103 Å². The number of aliphatic hydroxyl groups excluding tert-OH is 1. The molecule has 1 atom stereocenters. The van der Waals surface area contributed by atoms with Crippen LogP contribution < -0.4 is 9.47 Å². The molecule has 0 aromatic heterocycles. The van der Waals surface area contributed by atoms with E-state index in [1.54, 1.807) is 0 Å². The number of unbranched alkanes of at least 4 members (excludes halogenated alkanes) is 15. The van der Waals surface area contributed by atoms with Gasteiger partial charge in [-0.3, -0.25) is 0 Å². The maximum absolute atomic E-state index is 14.2. The molecule has 1 rings (SSSR count).